The normalized spacial score (nSPS) is 18.9. The predicted molar refractivity (Wildman–Crippen MR) is 67.3 cm³/mol. The second-order valence-electron chi connectivity index (χ2n) is 4.38. The fourth-order valence-electron chi connectivity index (χ4n) is 1.91. The van der Waals surface area contributed by atoms with Crippen molar-refractivity contribution in [2.45, 2.75) is 18.4 Å². The Morgan fingerprint density at radius 3 is 2.88 bits per heavy atom. The van der Waals surface area contributed by atoms with E-state index in [1.54, 1.807) is 24.1 Å². The summed E-state index contributed by atoms with van der Waals surface area (Å²) in [6.07, 6.45) is 4.97. The van der Waals surface area contributed by atoms with Crippen molar-refractivity contribution in [2.24, 2.45) is 7.05 Å². The minimum Gasteiger partial charge on any atom is -0.381 e. The SMILES string of the molecule is Cn1cc(C(=O)NC2(CBr)CCOCC2)cn1. The van der Waals surface area contributed by atoms with Crippen molar-refractivity contribution >= 4 is 21.8 Å². The molecule has 1 fully saturated rings. The van der Waals surface area contributed by atoms with Crippen molar-refractivity contribution < 1.29 is 9.53 Å². The molecule has 2 heterocycles. The molecular weight excluding hydrogens is 286 g/mol. The maximum Gasteiger partial charge on any atom is 0.254 e. The van der Waals surface area contributed by atoms with Crippen LogP contribution < -0.4 is 5.32 Å². The Hall–Kier alpha value is -0.880. The number of nitrogens with one attached hydrogen (secondary N) is 1. The van der Waals surface area contributed by atoms with Crippen LogP contribution in [0.1, 0.15) is 23.2 Å². The number of hydrogen-bond acceptors (Lipinski definition) is 3. The average molecular weight is 302 g/mol. The third kappa shape index (κ3) is 2.87. The van der Waals surface area contributed by atoms with Crippen molar-refractivity contribution in [3.8, 4) is 0 Å². The van der Waals surface area contributed by atoms with E-state index in [1.165, 1.54) is 0 Å². The van der Waals surface area contributed by atoms with Crippen molar-refractivity contribution in [1.29, 1.82) is 0 Å². The Morgan fingerprint density at radius 1 is 1.65 bits per heavy atom. The van der Waals surface area contributed by atoms with Crippen LogP contribution in [0.2, 0.25) is 0 Å². The fourth-order valence-corrected chi connectivity index (χ4v) is 2.61. The lowest BCUT2D eigenvalue weighted by atomic mass is 9.92. The molecule has 94 valence electrons. The lowest BCUT2D eigenvalue weighted by Crippen LogP contribution is -2.53. The first-order valence-corrected chi connectivity index (χ1v) is 6.72. The molecular formula is C11H16BrN3O2. The molecule has 0 spiro atoms. The van der Waals surface area contributed by atoms with E-state index in [9.17, 15) is 4.79 Å². The first kappa shape index (κ1) is 12.6. The Bertz CT molecular complexity index is 399. The van der Waals surface area contributed by atoms with Gasteiger partial charge in [-0.2, -0.15) is 5.10 Å². The Labute approximate surface area is 109 Å². The van der Waals surface area contributed by atoms with Crippen LogP contribution in [0.15, 0.2) is 12.4 Å². The maximum atomic E-state index is 12.1. The maximum absolute atomic E-state index is 12.1. The van der Waals surface area contributed by atoms with Crippen LogP contribution in [0.4, 0.5) is 0 Å². The standard InChI is InChI=1S/C11H16BrN3O2/c1-15-7-9(6-13-15)10(16)14-11(8-12)2-4-17-5-3-11/h6-7H,2-5,8H2,1H3,(H,14,16). The number of carbonyl (C=O) groups is 1. The molecule has 0 unspecified atom stereocenters. The summed E-state index contributed by atoms with van der Waals surface area (Å²) in [5, 5.41) is 7.84. The van der Waals surface area contributed by atoms with E-state index in [-0.39, 0.29) is 11.4 Å². The molecule has 1 aliphatic rings. The lowest BCUT2D eigenvalue weighted by molar-refractivity contribution is 0.0442. The largest absolute Gasteiger partial charge is 0.381 e. The van der Waals surface area contributed by atoms with E-state index < -0.39 is 0 Å². The highest BCUT2D eigenvalue weighted by Crippen LogP contribution is 2.23. The number of ether oxygens (including phenoxy) is 1. The molecule has 1 aromatic heterocycles. The summed E-state index contributed by atoms with van der Waals surface area (Å²) in [6, 6.07) is 0. The first-order valence-electron chi connectivity index (χ1n) is 5.60. The van der Waals surface area contributed by atoms with Crippen LogP contribution in [-0.2, 0) is 11.8 Å². The number of hydrogen-bond donors (Lipinski definition) is 1. The summed E-state index contributed by atoms with van der Waals surface area (Å²) in [5.41, 5.74) is 0.407. The van der Waals surface area contributed by atoms with Crippen molar-refractivity contribution in [1.82, 2.24) is 15.1 Å². The quantitative estimate of drug-likeness (QED) is 0.851. The Balaban J connectivity index is 2.05. The van der Waals surface area contributed by atoms with Gasteiger partial charge in [-0.05, 0) is 12.8 Å². The van der Waals surface area contributed by atoms with Gasteiger partial charge in [-0.1, -0.05) is 15.9 Å². The van der Waals surface area contributed by atoms with Gasteiger partial charge >= 0.3 is 0 Å². The van der Waals surface area contributed by atoms with Crippen LogP contribution in [0.5, 0.6) is 0 Å². The minimum absolute atomic E-state index is 0.0700. The molecule has 5 nitrogen and oxygen atoms in total. The van der Waals surface area contributed by atoms with E-state index >= 15 is 0 Å². The van der Waals surface area contributed by atoms with Gasteiger partial charge in [0.15, 0.2) is 0 Å². The molecule has 17 heavy (non-hydrogen) atoms. The molecule has 6 heteroatoms. The molecule has 1 amide bonds. The second kappa shape index (κ2) is 5.18. The van der Waals surface area contributed by atoms with Gasteiger partial charge in [-0.15, -0.1) is 0 Å². The van der Waals surface area contributed by atoms with Gasteiger partial charge in [0.2, 0.25) is 0 Å². The number of amides is 1. The molecule has 1 aliphatic heterocycles. The van der Waals surface area contributed by atoms with E-state index in [0.717, 1.165) is 18.2 Å². The summed E-state index contributed by atoms with van der Waals surface area (Å²) in [5.74, 6) is -0.0700. The summed E-state index contributed by atoms with van der Waals surface area (Å²) < 4.78 is 6.95. The monoisotopic (exact) mass is 301 g/mol. The Morgan fingerprint density at radius 2 is 2.35 bits per heavy atom. The zero-order chi connectivity index (χ0) is 12.3. The first-order chi connectivity index (χ1) is 8.15. The molecule has 2 rings (SSSR count). The molecule has 0 radical (unpaired) electrons. The highest BCUT2D eigenvalue weighted by molar-refractivity contribution is 9.09. The highest BCUT2D eigenvalue weighted by Gasteiger charge is 2.33. The molecule has 0 aliphatic carbocycles. The number of halogens is 1. The van der Waals surface area contributed by atoms with Gasteiger partial charge in [-0.25, -0.2) is 0 Å². The van der Waals surface area contributed by atoms with E-state index in [0.29, 0.717) is 18.8 Å². The Kier molecular flexibility index (Phi) is 3.83. The van der Waals surface area contributed by atoms with Gasteiger partial charge in [0.25, 0.3) is 5.91 Å². The van der Waals surface area contributed by atoms with Crippen molar-refractivity contribution in [3.63, 3.8) is 0 Å². The smallest absolute Gasteiger partial charge is 0.254 e. The number of alkyl halides is 1. The van der Waals surface area contributed by atoms with Crippen LogP contribution in [0, 0.1) is 0 Å². The molecule has 1 aromatic rings. The number of aryl methyl sites for hydroxylation is 1. The second-order valence-corrected chi connectivity index (χ2v) is 4.94. The molecule has 1 N–H and O–H groups in total. The van der Waals surface area contributed by atoms with Gasteiger partial charge in [0.1, 0.15) is 0 Å². The zero-order valence-electron chi connectivity index (χ0n) is 9.78. The van der Waals surface area contributed by atoms with E-state index in [2.05, 4.69) is 26.3 Å². The third-order valence-electron chi connectivity index (χ3n) is 3.05. The molecule has 0 bridgehead atoms. The van der Waals surface area contributed by atoms with Gasteiger partial charge < -0.3 is 10.1 Å². The predicted octanol–water partition coefficient (Wildman–Crippen LogP) is 1.09. The van der Waals surface area contributed by atoms with E-state index in [4.69, 9.17) is 4.74 Å². The molecule has 0 atom stereocenters. The number of aromatic nitrogens is 2. The zero-order valence-corrected chi connectivity index (χ0v) is 11.4. The fraction of sp³-hybridized carbons (Fsp3) is 0.636. The number of carbonyl (C=O) groups excluding carboxylic acids is 1. The third-order valence-corrected chi connectivity index (χ3v) is 4.12. The highest BCUT2D eigenvalue weighted by atomic mass is 79.9. The van der Waals surface area contributed by atoms with Gasteiger partial charge in [0, 0.05) is 31.8 Å². The molecule has 0 saturated carbocycles. The topological polar surface area (TPSA) is 56.2 Å². The summed E-state index contributed by atoms with van der Waals surface area (Å²) in [7, 11) is 1.80. The average Bonchev–Trinajstić information content (AvgIpc) is 2.77. The summed E-state index contributed by atoms with van der Waals surface area (Å²) in [6.45, 7) is 1.39. The van der Waals surface area contributed by atoms with E-state index in [1.807, 2.05) is 0 Å². The molecule has 1 saturated heterocycles. The minimum atomic E-state index is -0.189. The van der Waals surface area contributed by atoms with Crippen LogP contribution in [-0.4, -0.2) is 39.8 Å². The lowest BCUT2D eigenvalue weighted by Gasteiger charge is -2.36. The number of nitrogens with zero attached hydrogens (tertiary/aromatic N) is 2. The summed E-state index contributed by atoms with van der Waals surface area (Å²) in [4.78, 5) is 12.1. The van der Waals surface area contributed by atoms with Crippen molar-refractivity contribution in [3.05, 3.63) is 18.0 Å². The van der Waals surface area contributed by atoms with Crippen LogP contribution >= 0.6 is 15.9 Å². The molecule has 0 aromatic carbocycles. The van der Waals surface area contributed by atoms with Crippen molar-refractivity contribution in [2.75, 3.05) is 18.5 Å². The summed E-state index contributed by atoms with van der Waals surface area (Å²) >= 11 is 3.48. The van der Waals surface area contributed by atoms with Crippen LogP contribution in [0.25, 0.3) is 0 Å². The van der Waals surface area contributed by atoms with Gasteiger partial charge in [-0.3, -0.25) is 9.48 Å². The number of rotatable bonds is 3. The van der Waals surface area contributed by atoms with Gasteiger partial charge in [0.05, 0.1) is 17.3 Å². The van der Waals surface area contributed by atoms with Crippen LogP contribution in [0.3, 0.4) is 0 Å².